The lowest BCUT2D eigenvalue weighted by atomic mass is 10.1. The van der Waals surface area contributed by atoms with Crippen LogP contribution in [0.15, 0.2) is 18.2 Å². The molecule has 1 fully saturated rings. The topological polar surface area (TPSA) is 73.5 Å². The van der Waals surface area contributed by atoms with Crippen LogP contribution in [-0.4, -0.2) is 57.9 Å². The van der Waals surface area contributed by atoms with E-state index in [4.69, 9.17) is 4.74 Å². The molecule has 0 aliphatic carbocycles. The highest BCUT2D eigenvalue weighted by Gasteiger charge is 2.32. The van der Waals surface area contributed by atoms with Crippen molar-refractivity contribution in [2.75, 3.05) is 39.9 Å². The number of hydrogen-bond acceptors (Lipinski definition) is 4. The van der Waals surface area contributed by atoms with Crippen LogP contribution in [0.25, 0.3) is 0 Å². The number of nitrogens with one attached hydrogen (secondary N) is 3. The summed E-state index contributed by atoms with van der Waals surface area (Å²) in [5.74, 6) is 0.752. The summed E-state index contributed by atoms with van der Waals surface area (Å²) >= 11 is 0. The minimum absolute atomic E-state index is 0.252. The molecule has 0 spiro atoms. The standard InChI is InChI=1S/C18H25N3O4/c1-13(17(22)19-18(23)24-2)21-8-6-20(7-9-21)12-14-3-4-16-15(11-14)5-10-25-16/h3-4,11,13H,5-10,12H2,1-2H3,(H,19,22,23)/p+2/t13-/m0/s1. The molecule has 136 valence electrons. The zero-order valence-corrected chi connectivity index (χ0v) is 14.9. The Morgan fingerprint density at radius 1 is 1.28 bits per heavy atom. The fourth-order valence-electron chi connectivity index (χ4n) is 3.62. The van der Waals surface area contributed by atoms with Crippen molar-refractivity contribution >= 4 is 12.0 Å². The molecule has 0 radical (unpaired) electrons. The van der Waals surface area contributed by atoms with Crippen molar-refractivity contribution in [1.82, 2.24) is 5.32 Å². The summed E-state index contributed by atoms with van der Waals surface area (Å²) in [6.07, 6.45) is 0.310. The average Bonchev–Trinajstić information content (AvgIpc) is 3.09. The minimum Gasteiger partial charge on any atom is -0.493 e. The molecule has 1 aromatic carbocycles. The van der Waals surface area contributed by atoms with Crippen molar-refractivity contribution in [3.63, 3.8) is 0 Å². The number of benzene rings is 1. The van der Waals surface area contributed by atoms with Crippen molar-refractivity contribution in [2.45, 2.75) is 25.9 Å². The van der Waals surface area contributed by atoms with E-state index in [1.165, 1.54) is 28.0 Å². The smallest absolute Gasteiger partial charge is 0.413 e. The van der Waals surface area contributed by atoms with Gasteiger partial charge in [0.05, 0.1) is 13.7 Å². The first-order chi connectivity index (χ1) is 12.1. The van der Waals surface area contributed by atoms with Crippen molar-refractivity contribution in [3.8, 4) is 5.75 Å². The predicted octanol–water partition coefficient (Wildman–Crippen LogP) is -1.82. The van der Waals surface area contributed by atoms with Gasteiger partial charge in [-0.1, -0.05) is 0 Å². The number of carbonyl (C=O) groups is 2. The zero-order valence-electron chi connectivity index (χ0n) is 14.9. The van der Waals surface area contributed by atoms with Gasteiger partial charge in [-0.05, 0) is 30.7 Å². The molecule has 0 bridgehead atoms. The van der Waals surface area contributed by atoms with Gasteiger partial charge in [0, 0.05) is 12.0 Å². The van der Waals surface area contributed by atoms with Crippen molar-refractivity contribution < 1.29 is 28.9 Å². The summed E-state index contributed by atoms with van der Waals surface area (Å²) in [6, 6.07) is 6.25. The average molecular weight is 349 g/mol. The molecule has 0 aromatic heterocycles. The number of alkyl carbamates (subject to hydrolysis) is 1. The largest absolute Gasteiger partial charge is 0.493 e. The molecule has 7 heteroatoms. The molecule has 2 aliphatic heterocycles. The van der Waals surface area contributed by atoms with Gasteiger partial charge in [0.2, 0.25) is 0 Å². The molecule has 25 heavy (non-hydrogen) atoms. The Morgan fingerprint density at radius 3 is 2.76 bits per heavy atom. The molecular formula is C18H27N3O4+2. The summed E-state index contributed by atoms with van der Waals surface area (Å²) in [7, 11) is 1.26. The molecule has 2 amide bonds. The Hall–Kier alpha value is -2.12. The third kappa shape index (κ3) is 4.29. The molecule has 3 rings (SSSR count). The number of piperazine rings is 1. The zero-order chi connectivity index (χ0) is 17.8. The van der Waals surface area contributed by atoms with E-state index in [2.05, 4.69) is 28.3 Å². The van der Waals surface area contributed by atoms with Crippen LogP contribution in [0.3, 0.4) is 0 Å². The van der Waals surface area contributed by atoms with Gasteiger partial charge in [-0.15, -0.1) is 0 Å². The number of ether oxygens (including phenoxy) is 2. The van der Waals surface area contributed by atoms with E-state index in [0.717, 1.165) is 51.5 Å². The van der Waals surface area contributed by atoms with Crippen LogP contribution in [0.1, 0.15) is 18.1 Å². The van der Waals surface area contributed by atoms with E-state index in [0.29, 0.717) is 0 Å². The molecule has 1 atom stereocenters. The lowest BCUT2D eigenvalue weighted by molar-refractivity contribution is -1.02. The maximum absolute atomic E-state index is 12.0. The minimum atomic E-state index is -0.693. The van der Waals surface area contributed by atoms with Gasteiger partial charge >= 0.3 is 6.09 Å². The van der Waals surface area contributed by atoms with Crippen LogP contribution < -0.4 is 19.9 Å². The first kappa shape index (κ1) is 17.7. The van der Waals surface area contributed by atoms with Gasteiger partial charge in [-0.3, -0.25) is 10.1 Å². The highest BCUT2D eigenvalue weighted by molar-refractivity contribution is 5.93. The monoisotopic (exact) mass is 349 g/mol. The second-order valence-corrected chi connectivity index (χ2v) is 6.83. The van der Waals surface area contributed by atoms with E-state index in [-0.39, 0.29) is 11.9 Å². The van der Waals surface area contributed by atoms with Crippen LogP contribution in [0.2, 0.25) is 0 Å². The summed E-state index contributed by atoms with van der Waals surface area (Å²) < 4.78 is 10.0. The van der Waals surface area contributed by atoms with E-state index in [1.807, 2.05) is 6.92 Å². The summed E-state index contributed by atoms with van der Waals surface area (Å²) in [6.45, 7) is 7.51. The summed E-state index contributed by atoms with van der Waals surface area (Å²) in [5, 5.41) is 2.26. The first-order valence-electron chi connectivity index (χ1n) is 8.88. The fraction of sp³-hybridized carbons (Fsp3) is 0.556. The lowest BCUT2D eigenvalue weighted by Gasteiger charge is -2.32. The van der Waals surface area contributed by atoms with Crippen molar-refractivity contribution in [3.05, 3.63) is 29.3 Å². The number of hydrogen-bond donors (Lipinski definition) is 3. The summed E-state index contributed by atoms with van der Waals surface area (Å²) in [4.78, 5) is 26.0. The number of methoxy groups -OCH3 is 1. The van der Waals surface area contributed by atoms with E-state index in [1.54, 1.807) is 0 Å². The highest BCUT2D eigenvalue weighted by Crippen LogP contribution is 2.25. The summed E-state index contributed by atoms with van der Waals surface area (Å²) in [5.41, 5.74) is 2.66. The molecule has 2 aliphatic rings. The van der Waals surface area contributed by atoms with Crippen LogP contribution in [0.5, 0.6) is 5.75 Å². The third-order valence-electron chi connectivity index (χ3n) is 5.22. The SMILES string of the molecule is COC(=O)NC(=O)[C@H](C)[NH+]1CC[NH+](Cc2ccc3c(c2)CCO3)CC1. The molecule has 1 aromatic rings. The Morgan fingerprint density at radius 2 is 2.04 bits per heavy atom. The second kappa shape index (κ2) is 7.84. The molecule has 2 heterocycles. The molecule has 1 saturated heterocycles. The molecular weight excluding hydrogens is 322 g/mol. The lowest BCUT2D eigenvalue weighted by Crippen LogP contribution is -3.29. The van der Waals surface area contributed by atoms with E-state index >= 15 is 0 Å². The predicted molar refractivity (Wildman–Crippen MR) is 90.7 cm³/mol. The van der Waals surface area contributed by atoms with Crippen molar-refractivity contribution in [2.24, 2.45) is 0 Å². The number of carbonyl (C=O) groups excluding carboxylic acids is 2. The van der Waals surface area contributed by atoms with Gasteiger partial charge in [0.15, 0.2) is 6.04 Å². The number of amides is 2. The van der Waals surface area contributed by atoms with Crippen LogP contribution in [0, 0.1) is 0 Å². The van der Waals surface area contributed by atoms with Crippen molar-refractivity contribution in [1.29, 1.82) is 0 Å². The molecule has 7 nitrogen and oxygen atoms in total. The third-order valence-corrected chi connectivity index (χ3v) is 5.22. The maximum Gasteiger partial charge on any atom is 0.413 e. The maximum atomic E-state index is 12.0. The van der Waals surface area contributed by atoms with Crippen LogP contribution >= 0.6 is 0 Å². The Balaban J connectivity index is 1.48. The normalized spacial score (nSPS) is 23.3. The quantitative estimate of drug-likeness (QED) is 0.598. The highest BCUT2D eigenvalue weighted by atomic mass is 16.5. The number of imide groups is 1. The van der Waals surface area contributed by atoms with Crippen LogP contribution in [-0.2, 0) is 22.5 Å². The van der Waals surface area contributed by atoms with Gasteiger partial charge in [-0.2, -0.15) is 0 Å². The Labute approximate surface area is 147 Å². The Kier molecular flexibility index (Phi) is 5.55. The van der Waals surface area contributed by atoms with Gasteiger partial charge in [0.25, 0.3) is 5.91 Å². The van der Waals surface area contributed by atoms with Gasteiger partial charge < -0.3 is 19.3 Å². The van der Waals surface area contributed by atoms with Gasteiger partial charge in [0.1, 0.15) is 38.5 Å². The number of quaternary nitrogens is 2. The number of fused-ring (bicyclic) bond motifs is 1. The fourth-order valence-corrected chi connectivity index (χ4v) is 3.62. The molecule has 0 unspecified atom stereocenters. The van der Waals surface area contributed by atoms with E-state index < -0.39 is 6.09 Å². The first-order valence-corrected chi connectivity index (χ1v) is 8.88. The Bertz CT molecular complexity index is 641. The molecule has 0 saturated carbocycles. The second-order valence-electron chi connectivity index (χ2n) is 6.83. The molecule has 3 N–H and O–H groups in total. The number of rotatable bonds is 4. The van der Waals surface area contributed by atoms with Crippen LogP contribution in [0.4, 0.5) is 4.79 Å². The van der Waals surface area contributed by atoms with E-state index in [9.17, 15) is 9.59 Å². The van der Waals surface area contributed by atoms with Gasteiger partial charge in [-0.25, -0.2) is 4.79 Å².